The van der Waals surface area contributed by atoms with Crippen molar-refractivity contribution in [1.82, 2.24) is 9.97 Å². The second-order valence-corrected chi connectivity index (χ2v) is 10.4. The first-order valence-corrected chi connectivity index (χ1v) is 12.1. The smallest absolute Gasteiger partial charge is 0.0740 e. The number of thioether (sulfide) groups is 4. The maximum atomic E-state index is 8.86. The fraction of sp³-hybridized carbons (Fsp3) is 0.200. The van der Waals surface area contributed by atoms with Gasteiger partial charge in [-0.25, -0.2) is 0 Å². The Morgan fingerprint density at radius 2 is 1.32 bits per heavy atom. The van der Waals surface area contributed by atoms with Gasteiger partial charge in [0.1, 0.15) is 0 Å². The average Bonchev–Trinajstić information content (AvgIpc) is 3.13. The lowest BCUT2D eigenvalue weighted by molar-refractivity contribution is 1.22. The number of rotatable bonds is 8. The van der Waals surface area contributed by atoms with Crippen LogP contribution in [0.4, 0.5) is 0 Å². The van der Waals surface area contributed by atoms with Crippen LogP contribution in [0.1, 0.15) is 24.2 Å². The van der Waals surface area contributed by atoms with Crippen molar-refractivity contribution in [3.05, 3.63) is 72.9 Å². The van der Waals surface area contributed by atoms with Crippen LogP contribution in [0.25, 0.3) is 5.57 Å². The van der Waals surface area contributed by atoms with Crippen molar-refractivity contribution in [1.29, 1.82) is 10.5 Å². The van der Waals surface area contributed by atoms with Gasteiger partial charge in [0.05, 0.1) is 36.2 Å². The Morgan fingerprint density at radius 3 is 1.71 bits per heavy atom. The predicted molar refractivity (Wildman–Crippen MR) is 122 cm³/mol. The summed E-state index contributed by atoms with van der Waals surface area (Å²) in [5.41, 5.74) is 2.80. The van der Waals surface area contributed by atoms with Gasteiger partial charge in [-0.3, -0.25) is 9.97 Å². The molecule has 3 heterocycles. The highest BCUT2D eigenvalue weighted by molar-refractivity contribution is 8.40. The van der Waals surface area contributed by atoms with Crippen molar-refractivity contribution in [2.75, 3.05) is 11.5 Å². The summed E-state index contributed by atoms with van der Waals surface area (Å²) >= 11 is 6.85. The summed E-state index contributed by atoms with van der Waals surface area (Å²) < 4.78 is 3.53. The Kier molecular flexibility index (Phi) is 8.38. The van der Waals surface area contributed by atoms with E-state index < -0.39 is 0 Å². The number of pyridine rings is 2. The number of hydrogen-bond donors (Lipinski definition) is 0. The van der Waals surface area contributed by atoms with E-state index in [1.165, 1.54) is 8.47 Å². The number of aromatic nitrogens is 2. The maximum Gasteiger partial charge on any atom is 0.0740 e. The molecule has 0 saturated heterocycles. The van der Waals surface area contributed by atoms with E-state index in [1.54, 1.807) is 59.4 Å². The van der Waals surface area contributed by atoms with Crippen LogP contribution in [-0.4, -0.2) is 21.5 Å². The molecule has 0 unspecified atom stereocenters. The van der Waals surface area contributed by atoms with Gasteiger partial charge in [0.25, 0.3) is 0 Å². The highest BCUT2D eigenvalue weighted by Crippen LogP contribution is 2.59. The summed E-state index contributed by atoms with van der Waals surface area (Å²) in [6, 6.07) is 16.2. The molecule has 0 aliphatic carbocycles. The third-order valence-electron chi connectivity index (χ3n) is 3.48. The van der Waals surface area contributed by atoms with Gasteiger partial charge < -0.3 is 0 Å². The largest absolute Gasteiger partial charge is 0.256 e. The SMILES string of the molecule is N#CCCSC1=C(SCCC#N)SC(=C(c2ccccn2)c2ccccn2)S1. The minimum Gasteiger partial charge on any atom is -0.256 e. The predicted octanol–water partition coefficient (Wildman–Crippen LogP) is 6.09. The summed E-state index contributed by atoms with van der Waals surface area (Å²) in [7, 11) is 0. The van der Waals surface area contributed by atoms with Crippen LogP contribution >= 0.6 is 47.0 Å². The van der Waals surface area contributed by atoms with Crippen LogP contribution in [0, 0.1) is 22.7 Å². The maximum absolute atomic E-state index is 8.86. The first-order chi connectivity index (χ1) is 13.8. The minimum absolute atomic E-state index is 0.516. The molecule has 2 aromatic rings. The van der Waals surface area contributed by atoms with Gasteiger partial charge in [0.15, 0.2) is 0 Å². The molecule has 0 radical (unpaired) electrons. The van der Waals surface area contributed by atoms with Crippen molar-refractivity contribution in [2.24, 2.45) is 0 Å². The normalized spacial score (nSPS) is 13.3. The van der Waals surface area contributed by atoms with E-state index in [0.717, 1.165) is 32.7 Å². The van der Waals surface area contributed by atoms with Gasteiger partial charge in [-0.2, -0.15) is 10.5 Å². The van der Waals surface area contributed by atoms with Crippen molar-refractivity contribution in [2.45, 2.75) is 12.8 Å². The van der Waals surface area contributed by atoms with Crippen LogP contribution in [0.2, 0.25) is 0 Å². The van der Waals surface area contributed by atoms with Gasteiger partial charge in [0, 0.05) is 42.3 Å². The minimum atomic E-state index is 0.516. The molecule has 0 N–H and O–H groups in total. The van der Waals surface area contributed by atoms with E-state index in [1.807, 2.05) is 36.4 Å². The molecule has 1 aliphatic rings. The molecule has 0 fully saturated rings. The molecule has 0 atom stereocenters. The summed E-state index contributed by atoms with van der Waals surface area (Å²) in [5, 5.41) is 17.7. The molecule has 0 spiro atoms. The highest BCUT2D eigenvalue weighted by Gasteiger charge is 2.27. The Bertz CT molecular complexity index is 868. The zero-order valence-corrected chi connectivity index (χ0v) is 18.1. The third-order valence-corrected chi connectivity index (χ3v) is 9.01. The molecular weight excluding hydrogens is 425 g/mol. The van der Waals surface area contributed by atoms with E-state index in [0.29, 0.717) is 12.8 Å². The van der Waals surface area contributed by atoms with E-state index in [4.69, 9.17) is 10.5 Å². The fourth-order valence-electron chi connectivity index (χ4n) is 2.29. The van der Waals surface area contributed by atoms with Crippen molar-refractivity contribution >= 4 is 52.6 Å². The van der Waals surface area contributed by atoms with E-state index in [9.17, 15) is 0 Å². The lowest BCUT2D eigenvalue weighted by Gasteiger charge is -2.10. The van der Waals surface area contributed by atoms with Crippen LogP contribution in [-0.2, 0) is 0 Å². The topological polar surface area (TPSA) is 73.4 Å². The standard InChI is InChI=1S/C20H16N4S4/c21-9-5-13-25-19-20(26-14-6-10-22)28-18(27-19)17(15-7-1-3-11-23-15)16-8-2-4-12-24-16/h1-4,7-8,11-12H,5-6,13-14H2. The van der Waals surface area contributed by atoms with Crippen molar-refractivity contribution < 1.29 is 0 Å². The Morgan fingerprint density at radius 1 is 0.821 bits per heavy atom. The summed E-state index contributed by atoms with van der Waals surface area (Å²) in [5.74, 6) is 1.52. The zero-order valence-electron chi connectivity index (χ0n) is 14.9. The number of hydrogen-bond acceptors (Lipinski definition) is 8. The Hall–Kier alpha value is -1.84. The van der Waals surface area contributed by atoms with Crippen molar-refractivity contribution in [3.8, 4) is 12.1 Å². The molecule has 0 saturated carbocycles. The molecular formula is C20H16N4S4. The fourth-order valence-corrected chi connectivity index (χ4v) is 8.07. The molecule has 0 bridgehead atoms. The molecule has 4 nitrogen and oxygen atoms in total. The third kappa shape index (κ3) is 5.59. The summed E-state index contributed by atoms with van der Waals surface area (Å²) in [6.45, 7) is 0. The lowest BCUT2D eigenvalue weighted by atomic mass is 10.1. The average molecular weight is 441 g/mol. The molecule has 1 aliphatic heterocycles. The molecule has 28 heavy (non-hydrogen) atoms. The van der Waals surface area contributed by atoms with Gasteiger partial charge in [-0.15, -0.1) is 23.5 Å². The summed E-state index contributed by atoms with van der Waals surface area (Å²) in [6.07, 6.45) is 4.62. The van der Waals surface area contributed by atoms with Crippen LogP contribution in [0.5, 0.6) is 0 Å². The Balaban J connectivity index is 1.95. The van der Waals surface area contributed by atoms with Crippen LogP contribution in [0.3, 0.4) is 0 Å². The molecule has 0 amide bonds. The first-order valence-electron chi connectivity index (χ1n) is 8.50. The Labute approximate surface area is 181 Å². The molecule has 2 aromatic heterocycles. The second kappa shape index (κ2) is 11.2. The molecule has 0 aromatic carbocycles. The molecule has 8 heteroatoms. The number of nitrogens with zero attached hydrogens (tertiary/aromatic N) is 4. The van der Waals surface area contributed by atoms with E-state index >= 15 is 0 Å². The van der Waals surface area contributed by atoms with Gasteiger partial charge >= 0.3 is 0 Å². The number of nitriles is 2. The van der Waals surface area contributed by atoms with Crippen LogP contribution < -0.4 is 0 Å². The quantitative estimate of drug-likeness (QED) is 0.456. The van der Waals surface area contributed by atoms with Gasteiger partial charge in [0.2, 0.25) is 0 Å². The second-order valence-electron chi connectivity index (χ2n) is 5.38. The van der Waals surface area contributed by atoms with Crippen molar-refractivity contribution in [3.63, 3.8) is 0 Å². The van der Waals surface area contributed by atoms with E-state index in [2.05, 4.69) is 22.1 Å². The first kappa shape index (κ1) is 20.9. The highest BCUT2D eigenvalue weighted by atomic mass is 32.3. The van der Waals surface area contributed by atoms with Crippen LogP contribution in [0.15, 0.2) is 61.5 Å². The monoisotopic (exact) mass is 440 g/mol. The molecule has 3 rings (SSSR count). The van der Waals surface area contributed by atoms with Gasteiger partial charge in [-0.05, 0) is 24.3 Å². The van der Waals surface area contributed by atoms with Gasteiger partial charge in [-0.1, -0.05) is 35.7 Å². The molecule has 140 valence electrons. The van der Waals surface area contributed by atoms with E-state index in [-0.39, 0.29) is 0 Å². The lowest BCUT2D eigenvalue weighted by Crippen LogP contribution is -1.95. The summed E-state index contributed by atoms with van der Waals surface area (Å²) in [4.78, 5) is 9.12. The zero-order chi connectivity index (χ0) is 19.6.